The Balaban J connectivity index is 1.22. The fourth-order valence-corrected chi connectivity index (χ4v) is 6.48. The predicted octanol–water partition coefficient (Wildman–Crippen LogP) is 3.31. The molecule has 0 bridgehead atoms. The number of hydrogen-bond acceptors (Lipinski definition) is 13. The number of carbonyl (C=O) groups is 2. The number of methoxy groups -OCH3 is 2. The zero-order valence-electron chi connectivity index (χ0n) is 22.9. The van der Waals surface area contributed by atoms with E-state index in [2.05, 4.69) is 31.0 Å². The van der Waals surface area contributed by atoms with E-state index in [0.717, 1.165) is 15.8 Å². The lowest BCUT2D eigenvalue weighted by molar-refractivity contribution is -0.119. The van der Waals surface area contributed by atoms with E-state index in [1.165, 1.54) is 22.7 Å². The highest BCUT2D eigenvalue weighted by atomic mass is 32.2. The quantitative estimate of drug-likeness (QED) is 0.142. The maximum absolute atomic E-state index is 12.8. The lowest BCUT2D eigenvalue weighted by Gasteiger charge is -2.14. The van der Waals surface area contributed by atoms with Gasteiger partial charge in [-0.25, -0.2) is 0 Å². The van der Waals surface area contributed by atoms with Crippen molar-refractivity contribution < 1.29 is 29.3 Å². The number of aliphatic hydroxyl groups is 2. The molecule has 2 aromatic carbocycles. The van der Waals surface area contributed by atoms with Gasteiger partial charge in [-0.05, 0) is 35.4 Å². The highest BCUT2D eigenvalue weighted by Gasteiger charge is 2.23. The van der Waals surface area contributed by atoms with Crippen LogP contribution in [0.5, 0.6) is 11.5 Å². The number of nitrogens with zero attached hydrogens (tertiary/aromatic N) is 4. The van der Waals surface area contributed by atoms with Crippen LogP contribution in [0.25, 0.3) is 0 Å². The SMILES string of the molecule is COc1cccc(C(CO)C(=O)Nc2nnc(CCSCc3nnc(NC(=O)C(CO)c4cccc(OC)c4)s3)s2)c1. The number of thioether (sulfide) groups is 1. The number of nitrogens with one attached hydrogen (secondary N) is 2. The summed E-state index contributed by atoms with van der Waals surface area (Å²) in [6.07, 6.45) is 0.638. The molecule has 222 valence electrons. The summed E-state index contributed by atoms with van der Waals surface area (Å²) in [6, 6.07) is 14.0. The first-order valence-corrected chi connectivity index (χ1v) is 15.6. The summed E-state index contributed by atoms with van der Waals surface area (Å²) in [7, 11) is 3.08. The smallest absolute Gasteiger partial charge is 0.236 e. The maximum atomic E-state index is 12.8. The van der Waals surface area contributed by atoms with Crippen molar-refractivity contribution >= 4 is 56.5 Å². The van der Waals surface area contributed by atoms with E-state index in [-0.39, 0.29) is 25.0 Å². The molecule has 0 radical (unpaired) electrons. The van der Waals surface area contributed by atoms with Gasteiger partial charge < -0.3 is 19.7 Å². The van der Waals surface area contributed by atoms with Gasteiger partial charge in [0.15, 0.2) is 0 Å². The summed E-state index contributed by atoms with van der Waals surface area (Å²) < 4.78 is 10.4. The minimum Gasteiger partial charge on any atom is -0.497 e. The summed E-state index contributed by atoms with van der Waals surface area (Å²) >= 11 is 4.18. The number of hydrogen-bond donors (Lipinski definition) is 4. The van der Waals surface area contributed by atoms with Crippen LogP contribution in [-0.4, -0.2) is 75.6 Å². The lowest BCUT2D eigenvalue weighted by atomic mass is 9.99. The number of benzene rings is 2. The van der Waals surface area contributed by atoms with Crippen LogP contribution in [0.1, 0.15) is 33.0 Å². The first kappa shape index (κ1) is 31.3. The third kappa shape index (κ3) is 8.45. The second-order valence-corrected chi connectivity index (χ2v) is 12.0. The lowest BCUT2D eigenvalue weighted by Crippen LogP contribution is -2.23. The van der Waals surface area contributed by atoms with Crippen molar-refractivity contribution in [1.82, 2.24) is 20.4 Å². The van der Waals surface area contributed by atoms with Gasteiger partial charge in [0, 0.05) is 17.9 Å². The standard InChI is InChI=1S/C27H30N6O6S3/c1-38-18-7-3-5-16(11-18)20(13-34)24(36)28-26-32-30-22(41-26)9-10-40-15-23-31-33-27(42-23)29-25(37)21(14-35)17-6-4-8-19(12-17)39-2/h3-8,11-12,20-21,34-35H,9-10,13-15H2,1-2H3,(H,28,32,36)(H,29,33,37). The molecule has 2 aromatic heterocycles. The minimum atomic E-state index is -0.764. The summed E-state index contributed by atoms with van der Waals surface area (Å²) in [5.41, 5.74) is 1.28. The van der Waals surface area contributed by atoms with E-state index in [9.17, 15) is 19.8 Å². The fourth-order valence-electron chi connectivity index (χ4n) is 3.87. The Kier molecular flexibility index (Phi) is 11.6. The Morgan fingerprint density at radius 1 is 0.810 bits per heavy atom. The first-order valence-electron chi connectivity index (χ1n) is 12.8. The van der Waals surface area contributed by atoms with Crippen molar-refractivity contribution in [3.8, 4) is 11.5 Å². The topological polar surface area (TPSA) is 169 Å². The average molecular weight is 631 g/mol. The summed E-state index contributed by atoms with van der Waals surface area (Å²) in [5.74, 6) is 0.237. The zero-order chi connectivity index (χ0) is 29.9. The summed E-state index contributed by atoms with van der Waals surface area (Å²) in [5, 5.41) is 43.7. The van der Waals surface area contributed by atoms with Crippen molar-refractivity contribution in [3.05, 3.63) is 69.7 Å². The minimum absolute atomic E-state index is 0.358. The molecule has 42 heavy (non-hydrogen) atoms. The van der Waals surface area contributed by atoms with Gasteiger partial charge in [-0.3, -0.25) is 20.2 Å². The third-order valence-electron chi connectivity index (χ3n) is 6.07. The number of rotatable bonds is 15. The molecule has 0 saturated heterocycles. The molecule has 0 fully saturated rings. The molecule has 12 nitrogen and oxygen atoms in total. The van der Waals surface area contributed by atoms with Crippen LogP contribution in [0.4, 0.5) is 10.3 Å². The number of amides is 2. The van der Waals surface area contributed by atoms with Gasteiger partial charge in [0.1, 0.15) is 21.5 Å². The molecule has 15 heteroatoms. The van der Waals surface area contributed by atoms with E-state index in [1.54, 1.807) is 74.5 Å². The molecule has 2 atom stereocenters. The molecule has 2 amide bonds. The number of aryl methyl sites for hydroxylation is 1. The average Bonchev–Trinajstić information content (AvgIpc) is 3.65. The van der Waals surface area contributed by atoms with Gasteiger partial charge in [-0.2, -0.15) is 11.8 Å². The highest BCUT2D eigenvalue weighted by molar-refractivity contribution is 7.98. The molecule has 2 unspecified atom stereocenters. The van der Waals surface area contributed by atoms with Crippen LogP contribution in [-0.2, 0) is 21.8 Å². The molecule has 0 aliphatic rings. The van der Waals surface area contributed by atoms with Crippen LogP contribution in [0.3, 0.4) is 0 Å². The van der Waals surface area contributed by atoms with E-state index in [1.807, 2.05) is 0 Å². The Morgan fingerprint density at radius 2 is 1.31 bits per heavy atom. The summed E-state index contributed by atoms with van der Waals surface area (Å²) in [6.45, 7) is -0.718. The first-order chi connectivity index (χ1) is 20.4. The Bertz CT molecular complexity index is 1370. The second-order valence-electron chi connectivity index (χ2n) is 8.81. The van der Waals surface area contributed by atoms with E-state index >= 15 is 0 Å². The molecule has 2 heterocycles. The molecular weight excluding hydrogens is 601 g/mol. The van der Waals surface area contributed by atoms with Crippen LogP contribution in [0.15, 0.2) is 48.5 Å². The third-order valence-corrected chi connectivity index (χ3v) is 8.96. The van der Waals surface area contributed by atoms with Crippen LogP contribution < -0.4 is 20.1 Å². The van der Waals surface area contributed by atoms with Gasteiger partial charge >= 0.3 is 0 Å². The monoisotopic (exact) mass is 630 g/mol. The number of carbonyl (C=O) groups excluding carboxylic acids is 2. The van der Waals surface area contributed by atoms with E-state index < -0.39 is 11.8 Å². The molecule has 4 rings (SSSR count). The number of aromatic nitrogens is 4. The van der Waals surface area contributed by atoms with Crippen LogP contribution in [0, 0.1) is 0 Å². The van der Waals surface area contributed by atoms with Gasteiger partial charge in [0.05, 0.1) is 39.3 Å². The molecule has 0 spiro atoms. The van der Waals surface area contributed by atoms with E-state index in [0.29, 0.717) is 45.1 Å². The Morgan fingerprint density at radius 3 is 1.81 bits per heavy atom. The van der Waals surface area contributed by atoms with Crippen molar-refractivity contribution in [2.45, 2.75) is 24.0 Å². The van der Waals surface area contributed by atoms with Gasteiger partial charge in [0.25, 0.3) is 0 Å². The van der Waals surface area contributed by atoms with Gasteiger partial charge in [-0.15, -0.1) is 20.4 Å². The summed E-state index contributed by atoms with van der Waals surface area (Å²) in [4.78, 5) is 25.5. The fraction of sp³-hybridized carbons (Fsp3) is 0.333. The van der Waals surface area contributed by atoms with Gasteiger partial charge in [-0.1, -0.05) is 46.9 Å². The van der Waals surface area contributed by atoms with Crippen molar-refractivity contribution in [1.29, 1.82) is 0 Å². The molecule has 0 saturated carbocycles. The van der Waals surface area contributed by atoms with Crippen molar-refractivity contribution in [3.63, 3.8) is 0 Å². The highest BCUT2D eigenvalue weighted by Crippen LogP contribution is 2.27. The largest absolute Gasteiger partial charge is 0.497 e. The molecule has 0 aliphatic carbocycles. The Labute approximate surface area is 254 Å². The normalized spacial score (nSPS) is 12.4. The molecule has 4 N–H and O–H groups in total. The number of ether oxygens (including phenoxy) is 2. The molecular formula is C27H30N6O6S3. The van der Waals surface area contributed by atoms with Crippen molar-refractivity contribution in [2.75, 3.05) is 43.8 Å². The number of anilines is 2. The Hall–Kier alpha value is -3.63. The maximum Gasteiger partial charge on any atom is 0.236 e. The molecule has 0 aliphatic heterocycles. The predicted molar refractivity (Wildman–Crippen MR) is 163 cm³/mol. The number of aliphatic hydroxyl groups excluding tert-OH is 2. The van der Waals surface area contributed by atoms with Crippen molar-refractivity contribution in [2.24, 2.45) is 0 Å². The van der Waals surface area contributed by atoms with Crippen LogP contribution in [0.2, 0.25) is 0 Å². The van der Waals surface area contributed by atoms with Gasteiger partial charge in [0.2, 0.25) is 22.1 Å². The molecule has 4 aromatic rings. The zero-order valence-corrected chi connectivity index (χ0v) is 25.3. The van der Waals surface area contributed by atoms with E-state index in [4.69, 9.17) is 9.47 Å². The second kappa shape index (κ2) is 15.6. The van der Waals surface area contributed by atoms with Crippen LogP contribution >= 0.6 is 34.4 Å².